The normalized spacial score (nSPS) is 21.5. The van der Waals surface area contributed by atoms with E-state index >= 15 is 0 Å². The molecule has 2 aliphatic heterocycles. The zero-order valence-electron chi connectivity index (χ0n) is 12.9. The maximum absolute atomic E-state index is 1.61. The summed E-state index contributed by atoms with van der Waals surface area (Å²) < 4.78 is 0. The van der Waals surface area contributed by atoms with Gasteiger partial charge in [0.2, 0.25) is 0 Å². The van der Waals surface area contributed by atoms with Gasteiger partial charge in [0.1, 0.15) is 0 Å². The molecule has 0 radical (unpaired) electrons. The highest BCUT2D eigenvalue weighted by Crippen LogP contribution is 2.44. The quantitative estimate of drug-likeness (QED) is 0.329. The third kappa shape index (κ3) is 7.43. The molecule has 19 heavy (non-hydrogen) atoms. The molecule has 2 heteroatoms. The molecule has 2 heterocycles. The van der Waals surface area contributed by atoms with Gasteiger partial charge >= 0.3 is 0 Å². The van der Waals surface area contributed by atoms with Crippen molar-refractivity contribution in [1.29, 1.82) is 0 Å². The topological polar surface area (TPSA) is 0 Å². The second kappa shape index (κ2) is 10.6. The molecule has 0 atom stereocenters. The predicted octanol–water partition coefficient (Wildman–Crippen LogP) is 6.27. The van der Waals surface area contributed by atoms with Crippen molar-refractivity contribution in [2.24, 2.45) is 0 Å². The number of unbranched alkanes of at least 4 members (excludes halogenated alkanes) is 6. The van der Waals surface area contributed by atoms with Crippen molar-refractivity contribution in [3.63, 3.8) is 0 Å². The minimum absolute atomic E-state index is 0.521. The lowest BCUT2D eigenvalue weighted by atomic mass is 10.1. The molecule has 2 aliphatic rings. The fourth-order valence-corrected chi connectivity index (χ4v) is 8.93. The smallest absolute Gasteiger partial charge is 0.0326 e. The first-order valence-electron chi connectivity index (χ1n) is 8.90. The van der Waals surface area contributed by atoms with Crippen LogP contribution in [0.1, 0.15) is 70.6 Å². The summed E-state index contributed by atoms with van der Waals surface area (Å²) in [6.45, 7) is 0. The fraction of sp³-hybridized carbons (Fsp3) is 1.00. The summed E-state index contributed by atoms with van der Waals surface area (Å²) in [5, 5.41) is 0. The molecule has 0 spiro atoms. The lowest BCUT2D eigenvalue weighted by Crippen LogP contribution is -1.89. The van der Waals surface area contributed by atoms with Crippen LogP contribution in [0.2, 0.25) is 0 Å². The van der Waals surface area contributed by atoms with Gasteiger partial charge in [0.05, 0.1) is 0 Å². The standard InChI is InChI=1S/C17H34P2/c1(2-4-6-12-18-14-8-9-15-18)3-5-7-13-19-16-10-11-17-19/h1-17H2. The van der Waals surface area contributed by atoms with Crippen LogP contribution in [-0.4, -0.2) is 37.0 Å². The predicted molar refractivity (Wildman–Crippen MR) is 93.8 cm³/mol. The Bertz CT molecular complexity index is 183. The average Bonchev–Trinajstić information content (AvgIpc) is 3.10. The first kappa shape index (κ1) is 16.2. The summed E-state index contributed by atoms with van der Waals surface area (Å²) in [4.78, 5) is 0. The summed E-state index contributed by atoms with van der Waals surface area (Å²) in [5.74, 6) is 0. The van der Waals surface area contributed by atoms with E-state index < -0.39 is 0 Å². The monoisotopic (exact) mass is 300 g/mol. The first-order chi connectivity index (χ1) is 9.45. The maximum atomic E-state index is 1.61. The summed E-state index contributed by atoms with van der Waals surface area (Å²) >= 11 is 0. The van der Waals surface area contributed by atoms with Gasteiger partial charge in [-0.3, -0.25) is 0 Å². The van der Waals surface area contributed by atoms with E-state index in [9.17, 15) is 0 Å². The van der Waals surface area contributed by atoms with Gasteiger partial charge < -0.3 is 0 Å². The largest absolute Gasteiger partial charge is 0.107 e. The van der Waals surface area contributed by atoms with Crippen LogP contribution >= 0.6 is 15.8 Å². The Morgan fingerprint density at radius 1 is 0.421 bits per heavy atom. The molecule has 2 rings (SSSR count). The Kier molecular flexibility index (Phi) is 9.03. The van der Waals surface area contributed by atoms with E-state index in [0.717, 1.165) is 0 Å². The second-order valence-corrected chi connectivity index (χ2v) is 11.9. The van der Waals surface area contributed by atoms with Gasteiger partial charge in [-0.2, -0.15) is 0 Å². The molecule has 0 aromatic rings. The molecular formula is C17H34P2. The third-order valence-corrected chi connectivity index (χ3v) is 10.5. The Hall–Kier alpha value is 0.860. The van der Waals surface area contributed by atoms with Crippen molar-refractivity contribution in [3.05, 3.63) is 0 Å². The van der Waals surface area contributed by atoms with Crippen LogP contribution in [0.5, 0.6) is 0 Å². The molecule has 112 valence electrons. The van der Waals surface area contributed by atoms with E-state index in [1.54, 1.807) is 75.5 Å². The van der Waals surface area contributed by atoms with E-state index in [2.05, 4.69) is 0 Å². The highest BCUT2D eigenvalue weighted by Gasteiger charge is 2.13. The molecule has 0 aromatic carbocycles. The van der Waals surface area contributed by atoms with Crippen LogP contribution in [0, 0.1) is 0 Å². The van der Waals surface area contributed by atoms with Crippen LogP contribution in [0.4, 0.5) is 0 Å². The van der Waals surface area contributed by atoms with Crippen LogP contribution in [0.25, 0.3) is 0 Å². The van der Waals surface area contributed by atoms with Gasteiger partial charge in [-0.05, 0) is 75.5 Å². The van der Waals surface area contributed by atoms with Crippen LogP contribution in [-0.2, 0) is 0 Å². The van der Waals surface area contributed by atoms with Crippen LogP contribution < -0.4 is 0 Å². The summed E-state index contributed by atoms with van der Waals surface area (Å²) in [6, 6.07) is 0. The number of hydrogen-bond donors (Lipinski definition) is 0. The molecule has 0 saturated carbocycles. The van der Waals surface area contributed by atoms with Crippen molar-refractivity contribution in [2.45, 2.75) is 70.6 Å². The average molecular weight is 300 g/mol. The summed E-state index contributed by atoms with van der Waals surface area (Å²) in [5.41, 5.74) is 0. The molecule has 0 nitrogen and oxygen atoms in total. The Balaban J connectivity index is 1.28. The maximum Gasteiger partial charge on any atom is -0.0326 e. The van der Waals surface area contributed by atoms with Crippen molar-refractivity contribution >= 4 is 15.8 Å². The molecule has 0 N–H and O–H groups in total. The minimum atomic E-state index is 0.521. The Morgan fingerprint density at radius 2 is 0.737 bits per heavy atom. The van der Waals surface area contributed by atoms with E-state index in [1.807, 2.05) is 0 Å². The zero-order valence-corrected chi connectivity index (χ0v) is 14.7. The molecule has 0 bridgehead atoms. The van der Waals surface area contributed by atoms with Crippen molar-refractivity contribution in [3.8, 4) is 0 Å². The molecule has 0 unspecified atom stereocenters. The van der Waals surface area contributed by atoms with E-state index in [0.29, 0.717) is 15.8 Å². The third-order valence-electron chi connectivity index (χ3n) is 4.85. The van der Waals surface area contributed by atoms with Gasteiger partial charge in [-0.15, -0.1) is 15.8 Å². The van der Waals surface area contributed by atoms with Gasteiger partial charge in [0, 0.05) is 0 Å². The zero-order chi connectivity index (χ0) is 13.2. The highest BCUT2D eigenvalue weighted by molar-refractivity contribution is 7.58. The van der Waals surface area contributed by atoms with Gasteiger partial charge in [0.15, 0.2) is 0 Å². The first-order valence-corrected chi connectivity index (χ1v) is 12.7. The van der Waals surface area contributed by atoms with Crippen LogP contribution in [0.15, 0.2) is 0 Å². The molecule has 0 aromatic heterocycles. The van der Waals surface area contributed by atoms with Gasteiger partial charge in [0.25, 0.3) is 0 Å². The highest BCUT2D eigenvalue weighted by atomic mass is 31.1. The SMILES string of the molecule is C(CCCCP1CCCC1)CCCCP1CCCC1. The lowest BCUT2D eigenvalue weighted by molar-refractivity contribution is 0.604. The summed E-state index contributed by atoms with van der Waals surface area (Å²) in [6.07, 6.45) is 26.6. The molecule has 2 fully saturated rings. The van der Waals surface area contributed by atoms with Crippen LogP contribution in [0.3, 0.4) is 0 Å². The van der Waals surface area contributed by atoms with Crippen molar-refractivity contribution in [2.75, 3.05) is 37.0 Å². The van der Waals surface area contributed by atoms with Crippen molar-refractivity contribution < 1.29 is 0 Å². The van der Waals surface area contributed by atoms with Gasteiger partial charge in [-0.1, -0.05) is 32.1 Å². The lowest BCUT2D eigenvalue weighted by Gasteiger charge is -2.10. The molecular weight excluding hydrogens is 266 g/mol. The second-order valence-electron chi connectivity index (χ2n) is 6.57. The Labute approximate surface area is 124 Å². The van der Waals surface area contributed by atoms with Gasteiger partial charge in [-0.25, -0.2) is 0 Å². The number of rotatable bonds is 10. The van der Waals surface area contributed by atoms with Crippen molar-refractivity contribution in [1.82, 2.24) is 0 Å². The molecule has 0 amide bonds. The van der Waals surface area contributed by atoms with E-state index in [4.69, 9.17) is 0 Å². The van der Waals surface area contributed by atoms with E-state index in [1.165, 1.54) is 32.1 Å². The minimum Gasteiger partial charge on any atom is -0.107 e. The number of hydrogen-bond acceptors (Lipinski definition) is 0. The fourth-order valence-electron chi connectivity index (χ4n) is 3.57. The molecule has 0 aliphatic carbocycles. The Morgan fingerprint density at radius 3 is 1.11 bits per heavy atom. The summed E-state index contributed by atoms with van der Waals surface area (Å²) in [7, 11) is 1.04. The van der Waals surface area contributed by atoms with E-state index in [-0.39, 0.29) is 0 Å². The molecule has 2 saturated heterocycles.